The van der Waals surface area contributed by atoms with Gasteiger partial charge < -0.3 is 30.3 Å². The summed E-state index contributed by atoms with van der Waals surface area (Å²) in [6.45, 7) is 6.15. The summed E-state index contributed by atoms with van der Waals surface area (Å²) < 4.78 is 0. The number of hydrogen-bond donors (Lipinski definition) is 3. The van der Waals surface area contributed by atoms with Gasteiger partial charge in [-0.1, -0.05) is 24.3 Å². The molecule has 6 rings (SSSR count). The number of carbonyl (C=O) groups is 2. The Morgan fingerprint density at radius 1 is 0.950 bits per heavy atom. The molecule has 206 valence electrons. The van der Waals surface area contributed by atoms with Gasteiger partial charge in [0.2, 0.25) is 5.91 Å². The third-order valence-corrected chi connectivity index (χ3v) is 8.04. The van der Waals surface area contributed by atoms with Crippen molar-refractivity contribution < 1.29 is 9.59 Å². The van der Waals surface area contributed by atoms with Crippen LogP contribution in [0, 0.1) is 0 Å². The lowest BCUT2D eigenvalue weighted by Gasteiger charge is -2.32. The van der Waals surface area contributed by atoms with Crippen molar-refractivity contribution in [3.63, 3.8) is 0 Å². The van der Waals surface area contributed by atoms with Crippen LogP contribution in [0.15, 0.2) is 72.9 Å². The highest BCUT2D eigenvalue weighted by Gasteiger charge is 2.25. The van der Waals surface area contributed by atoms with Crippen LogP contribution in [0.3, 0.4) is 0 Å². The minimum atomic E-state index is -0.0515. The maximum absolute atomic E-state index is 14.0. The highest BCUT2D eigenvalue weighted by Crippen LogP contribution is 2.34. The summed E-state index contributed by atoms with van der Waals surface area (Å²) in [6, 6.07) is 22.3. The number of nitrogens with zero attached hydrogens (tertiary/aromatic N) is 3. The molecule has 2 amide bonds. The molecular weight excluding hydrogens is 500 g/mol. The van der Waals surface area contributed by atoms with Gasteiger partial charge in [-0.3, -0.25) is 9.59 Å². The fourth-order valence-electron chi connectivity index (χ4n) is 5.61. The van der Waals surface area contributed by atoms with Gasteiger partial charge in [-0.2, -0.15) is 0 Å². The molecule has 0 saturated carbocycles. The lowest BCUT2D eigenvalue weighted by atomic mass is 9.99. The van der Waals surface area contributed by atoms with Crippen molar-refractivity contribution in [3.8, 4) is 11.1 Å². The highest BCUT2D eigenvalue weighted by atomic mass is 16.2. The monoisotopic (exact) mass is 536 g/mol. The van der Waals surface area contributed by atoms with Crippen LogP contribution in [0.1, 0.15) is 23.7 Å². The van der Waals surface area contributed by atoms with E-state index < -0.39 is 0 Å². The number of carbonyl (C=O) groups excluding carboxylic acids is 2. The van der Waals surface area contributed by atoms with Crippen LogP contribution in [-0.2, 0) is 4.79 Å². The van der Waals surface area contributed by atoms with E-state index in [0.717, 1.165) is 71.7 Å². The zero-order chi connectivity index (χ0) is 27.6. The van der Waals surface area contributed by atoms with Gasteiger partial charge in [-0.25, -0.2) is 0 Å². The predicted octanol–water partition coefficient (Wildman–Crippen LogP) is 4.87. The predicted molar refractivity (Wildman–Crippen MR) is 162 cm³/mol. The Bertz CT molecular complexity index is 1540. The number of rotatable bonds is 5. The topological polar surface area (TPSA) is 83.7 Å². The first-order valence-corrected chi connectivity index (χ1v) is 14.1. The van der Waals surface area contributed by atoms with Crippen LogP contribution in [0.25, 0.3) is 22.0 Å². The lowest BCUT2D eigenvalue weighted by molar-refractivity contribution is -0.130. The van der Waals surface area contributed by atoms with Crippen molar-refractivity contribution in [2.75, 3.05) is 61.8 Å². The number of hydrogen-bond acceptors (Lipinski definition) is 5. The van der Waals surface area contributed by atoms with Crippen LogP contribution >= 0.6 is 0 Å². The molecule has 0 spiro atoms. The van der Waals surface area contributed by atoms with Crippen molar-refractivity contribution in [2.24, 2.45) is 0 Å². The van der Waals surface area contributed by atoms with E-state index in [9.17, 15) is 9.59 Å². The molecule has 3 heterocycles. The summed E-state index contributed by atoms with van der Waals surface area (Å²) in [5.41, 5.74) is 6.27. The van der Waals surface area contributed by atoms with E-state index in [-0.39, 0.29) is 24.4 Å². The van der Waals surface area contributed by atoms with Crippen molar-refractivity contribution in [2.45, 2.75) is 19.4 Å². The Morgan fingerprint density at radius 3 is 2.62 bits per heavy atom. The smallest absolute Gasteiger partial charge is 0.258 e. The molecule has 1 saturated heterocycles. The summed E-state index contributed by atoms with van der Waals surface area (Å²) in [6.07, 6.45) is 2.78. The molecule has 3 N–H and O–H groups in total. The number of aromatic nitrogens is 1. The molecule has 3 aromatic carbocycles. The average molecular weight is 537 g/mol. The Balaban J connectivity index is 1.32. The summed E-state index contributed by atoms with van der Waals surface area (Å²) in [7, 11) is 2.08. The quantitative estimate of drug-likeness (QED) is 0.339. The number of nitrogens with one attached hydrogen (secondary N) is 3. The van der Waals surface area contributed by atoms with E-state index in [1.807, 2.05) is 64.5 Å². The van der Waals surface area contributed by atoms with E-state index in [0.29, 0.717) is 12.1 Å². The number of aromatic amines is 1. The molecule has 1 aromatic heterocycles. The summed E-state index contributed by atoms with van der Waals surface area (Å²) in [5, 5.41) is 8.04. The summed E-state index contributed by atoms with van der Waals surface area (Å²) in [5.74, 6) is 0.0165. The molecule has 1 unspecified atom stereocenters. The molecular formula is C32H36N6O2. The van der Waals surface area contributed by atoms with E-state index in [2.05, 4.69) is 52.7 Å². The van der Waals surface area contributed by atoms with Crippen molar-refractivity contribution in [1.82, 2.24) is 14.8 Å². The molecule has 2 aliphatic rings. The molecule has 8 nitrogen and oxygen atoms in total. The van der Waals surface area contributed by atoms with Gasteiger partial charge in [0.15, 0.2) is 0 Å². The SMILES string of the molecule is CC1CCN(C(=O)c2ccc(-c3ccc4[nH]ccc4c3)c(NCC(=O)N3CCN(C)CC3)c2)c2ccccc2N1. The van der Waals surface area contributed by atoms with E-state index >= 15 is 0 Å². The number of benzene rings is 3. The molecule has 1 atom stereocenters. The number of likely N-dealkylation sites (N-methyl/N-ethyl adjacent to an activating group) is 1. The fraction of sp³-hybridized carbons (Fsp3) is 0.312. The number of para-hydroxylation sites is 2. The Labute approximate surface area is 235 Å². The van der Waals surface area contributed by atoms with Gasteiger partial charge in [0, 0.05) is 67.3 Å². The van der Waals surface area contributed by atoms with Crippen molar-refractivity contribution in [1.29, 1.82) is 0 Å². The highest BCUT2D eigenvalue weighted by molar-refractivity contribution is 6.09. The minimum Gasteiger partial charge on any atom is -0.381 e. The van der Waals surface area contributed by atoms with Crippen LogP contribution in [0.4, 0.5) is 17.1 Å². The molecule has 0 bridgehead atoms. The lowest BCUT2D eigenvalue weighted by Crippen LogP contribution is -2.48. The zero-order valence-electron chi connectivity index (χ0n) is 23.1. The van der Waals surface area contributed by atoms with Gasteiger partial charge >= 0.3 is 0 Å². The first-order valence-electron chi connectivity index (χ1n) is 14.1. The number of H-pyrrole nitrogens is 1. The first kappa shape index (κ1) is 26.0. The van der Waals surface area contributed by atoms with Crippen LogP contribution in [-0.4, -0.2) is 79.0 Å². The Kier molecular flexibility index (Phi) is 7.17. The van der Waals surface area contributed by atoms with E-state index in [4.69, 9.17) is 0 Å². The first-order chi connectivity index (χ1) is 19.5. The Morgan fingerprint density at radius 2 is 1.77 bits per heavy atom. The molecule has 0 radical (unpaired) electrons. The van der Waals surface area contributed by atoms with Crippen molar-refractivity contribution >= 4 is 39.8 Å². The zero-order valence-corrected chi connectivity index (χ0v) is 23.1. The van der Waals surface area contributed by atoms with Crippen LogP contribution in [0.5, 0.6) is 0 Å². The third-order valence-electron chi connectivity index (χ3n) is 8.04. The number of fused-ring (bicyclic) bond motifs is 2. The molecule has 0 aliphatic carbocycles. The molecule has 8 heteroatoms. The van der Waals surface area contributed by atoms with E-state index in [1.165, 1.54) is 0 Å². The minimum absolute atomic E-state index is 0.0515. The second-order valence-electron chi connectivity index (χ2n) is 10.9. The number of piperazine rings is 1. The molecule has 1 fully saturated rings. The number of anilines is 3. The van der Waals surface area contributed by atoms with Gasteiger partial charge in [0.05, 0.1) is 17.9 Å². The molecule has 40 heavy (non-hydrogen) atoms. The normalized spacial score (nSPS) is 17.7. The van der Waals surface area contributed by atoms with Gasteiger partial charge in [0.1, 0.15) is 0 Å². The number of amides is 2. The summed E-state index contributed by atoms with van der Waals surface area (Å²) in [4.78, 5) is 36.3. The van der Waals surface area contributed by atoms with Crippen molar-refractivity contribution in [3.05, 3.63) is 78.5 Å². The van der Waals surface area contributed by atoms with Gasteiger partial charge in [-0.15, -0.1) is 0 Å². The molecule has 4 aromatic rings. The van der Waals surface area contributed by atoms with Gasteiger partial charge in [-0.05, 0) is 73.8 Å². The maximum Gasteiger partial charge on any atom is 0.258 e. The standard InChI is InChI=1S/C32H36N6O2/c1-22-12-14-38(30-6-4-3-5-28(30)35-22)32(40)25-7-9-26(23-8-10-27-24(19-23)11-13-33-27)29(20-25)34-21-31(39)37-17-15-36(2)16-18-37/h3-11,13,19-20,22,33-35H,12,14-18,21H2,1-2H3. The van der Waals surface area contributed by atoms with Crippen LogP contribution < -0.4 is 15.5 Å². The average Bonchev–Trinajstić information content (AvgIpc) is 3.38. The largest absolute Gasteiger partial charge is 0.381 e. The molecule has 2 aliphatic heterocycles. The fourth-order valence-corrected chi connectivity index (χ4v) is 5.61. The Hall–Kier alpha value is -4.30. The maximum atomic E-state index is 14.0. The third kappa shape index (κ3) is 5.27. The summed E-state index contributed by atoms with van der Waals surface area (Å²) >= 11 is 0. The second kappa shape index (κ2) is 11.1. The van der Waals surface area contributed by atoms with Gasteiger partial charge in [0.25, 0.3) is 5.91 Å². The second-order valence-corrected chi connectivity index (χ2v) is 10.9. The van der Waals surface area contributed by atoms with E-state index in [1.54, 1.807) is 0 Å². The van der Waals surface area contributed by atoms with Crippen LogP contribution in [0.2, 0.25) is 0 Å².